The van der Waals surface area contributed by atoms with Crippen molar-refractivity contribution in [1.29, 1.82) is 0 Å². The van der Waals surface area contributed by atoms with Gasteiger partial charge in [0.05, 0.1) is 0 Å². The van der Waals surface area contributed by atoms with E-state index in [4.69, 9.17) is 0 Å². The largest absolute Gasteiger partial charge is 0.107 e. The normalized spacial score (nSPS) is 11.9. The van der Waals surface area contributed by atoms with Gasteiger partial charge in [-0.1, -0.05) is 65.2 Å². The van der Waals surface area contributed by atoms with Gasteiger partial charge in [-0.05, 0) is 19.3 Å². The smallest absolute Gasteiger partial charge is 0.00911 e. The zero-order valence-electron chi connectivity index (χ0n) is 11.6. The van der Waals surface area contributed by atoms with E-state index in [1.54, 1.807) is 0 Å². The first-order chi connectivity index (χ1) is 7.81. The fourth-order valence-electron chi connectivity index (χ4n) is 2.04. The number of hydrogen-bond acceptors (Lipinski definition) is 0. The summed E-state index contributed by atoms with van der Waals surface area (Å²) in [5, 5.41) is 0. The van der Waals surface area contributed by atoms with E-state index < -0.39 is 0 Å². The van der Waals surface area contributed by atoms with Gasteiger partial charge in [0.1, 0.15) is 0 Å². The molecule has 0 fully saturated rings. The second kappa shape index (κ2) is 12.6. The summed E-state index contributed by atoms with van der Waals surface area (Å²) in [5.41, 5.74) is 0. The molecule has 0 aromatic carbocycles. The topological polar surface area (TPSA) is 0 Å². The lowest BCUT2D eigenvalue weighted by Crippen LogP contribution is -1.94. The molecule has 0 spiro atoms. The van der Waals surface area contributed by atoms with Gasteiger partial charge in [-0.15, -0.1) is 11.8 Å². The average molecular weight is 222 g/mol. The van der Waals surface area contributed by atoms with Crippen molar-refractivity contribution in [1.82, 2.24) is 0 Å². The van der Waals surface area contributed by atoms with E-state index in [0.717, 1.165) is 12.3 Å². The first-order valence-corrected chi connectivity index (χ1v) is 7.20. The molecule has 0 aliphatic heterocycles. The molecular formula is C16H30. The molecule has 94 valence electrons. The molecule has 16 heavy (non-hydrogen) atoms. The van der Waals surface area contributed by atoms with E-state index in [-0.39, 0.29) is 0 Å². The maximum Gasteiger partial charge on any atom is 0.00911 e. The number of unbranched alkanes of at least 4 members (excludes halogenated alkanes) is 6. The lowest BCUT2D eigenvalue weighted by molar-refractivity contribution is 0.460. The van der Waals surface area contributed by atoms with Crippen LogP contribution in [-0.2, 0) is 0 Å². The van der Waals surface area contributed by atoms with Gasteiger partial charge in [-0.2, -0.15) is 0 Å². The molecule has 0 nitrogen and oxygen atoms in total. The van der Waals surface area contributed by atoms with Crippen molar-refractivity contribution < 1.29 is 0 Å². The molecule has 1 unspecified atom stereocenters. The lowest BCUT2D eigenvalue weighted by atomic mass is 9.97. The SMILES string of the molecule is CC#CCCC(C)CCCCCCCCC. The molecule has 0 aliphatic carbocycles. The third-order valence-electron chi connectivity index (χ3n) is 3.24. The van der Waals surface area contributed by atoms with E-state index in [1.165, 1.54) is 57.8 Å². The monoisotopic (exact) mass is 222 g/mol. The Morgan fingerprint density at radius 3 is 2.12 bits per heavy atom. The lowest BCUT2D eigenvalue weighted by Gasteiger charge is -2.08. The van der Waals surface area contributed by atoms with Gasteiger partial charge >= 0.3 is 0 Å². The summed E-state index contributed by atoms with van der Waals surface area (Å²) >= 11 is 0. The molecule has 0 rings (SSSR count). The highest BCUT2D eigenvalue weighted by atomic mass is 14.1. The molecule has 0 aromatic heterocycles. The highest BCUT2D eigenvalue weighted by Gasteiger charge is 2.00. The maximum absolute atomic E-state index is 3.15. The summed E-state index contributed by atoms with van der Waals surface area (Å²) < 4.78 is 0. The molecule has 1 atom stereocenters. The molecule has 0 radical (unpaired) electrons. The Kier molecular flexibility index (Phi) is 12.3. The Morgan fingerprint density at radius 2 is 1.50 bits per heavy atom. The van der Waals surface area contributed by atoms with Gasteiger partial charge in [0.2, 0.25) is 0 Å². The standard InChI is InChI=1S/C16H30/c1-4-6-8-9-10-11-13-15-16(3)14-12-7-5-2/h16H,4,6,8-15H2,1-3H3. The summed E-state index contributed by atoms with van der Waals surface area (Å²) in [6.07, 6.45) is 13.8. The van der Waals surface area contributed by atoms with E-state index in [2.05, 4.69) is 25.7 Å². The molecule has 0 amide bonds. The second-order valence-corrected chi connectivity index (χ2v) is 4.98. The average Bonchev–Trinajstić information content (AvgIpc) is 2.28. The minimum atomic E-state index is 0.872. The van der Waals surface area contributed by atoms with Crippen molar-refractivity contribution in [2.24, 2.45) is 5.92 Å². The highest BCUT2D eigenvalue weighted by Crippen LogP contribution is 2.15. The molecule has 0 saturated carbocycles. The van der Waals surface area contributed by atoms with E-state index in [0.29, 0.717) is 0 Å². The predicted octanol–water partition coefficient (Wildman–Crippen LogP) is 5.57. The van der Waals surface area contributed by atoms with E-state index in [1.807, 2.05) is 6.92 Å². The molecule has 0 bridgehead atoms. The van der Waals surface area contributed by atoms with E-state index >= 15 is 0 Å². The van der Waals surface area contributed by atoms with Crippen LogP contribution < -0.4 is 0 Å². The highest BCUT2D eigenvalue weighted by molar-refractivity contribution is 4.94. The fourth-order valence-corrected chi connectivity index (χ4v) is 2.04. The van der Waals surface area contributed by atoms with Gasteiger partial charge in [0, 0.05) is 6.42 Å². The molecule has 0 aliphatic rings. The van der Waals surface area contributed by atoms with Crippen LogP contribution in [-0.4, -0.2) is 0 Å². The predicted molar refractivity (Wildman–Crippen MR) is 74.5 cm³/mol. The molecule has 0 N–H and O–H groups in total. The Balaban J connectivity index is 3.13. The van der Waals surface area contributed by atoms with Crippen LogP contribution in [0.2, 0.25) is 0 Å². The maximum atomic E-state index is 3.15. The van der Waals surface area contributed by atoms with Crippen LogP contribution in [0.25, 0.3) is 0 Å². The summed E-state index contributed by atoms with van der Waals surface area (Å²) in [6.45, 7) is 6.58. The van der Waals surface area contributed by atoms with Crippen LogP contribution in [0.1, 0.15) is 85.0 Å². The summed E-state index contributed by atoms with van der Waals surface area (Å²) in [5.74, 6) is 6.99. The first kappa shape index (κ1) is 15.6. The Morgan fingerprint density at radius 1 is 0.875 bits per heavy atom. The Bertz CT molecular complexity index is 182. The molecule has 0 saturated heterocycles. The van der Waals surface area contributed by atoms with Gasteiger partial charge in [-0.3, -0.25) is 0 Å². The van der Waals surface area contributed by atoms with Gasteiger partial charge < -0.3 is 0 Å². The third kappa shape index (κ3) is 11.6. The number of rotatable bonds is 10. The number of hydrogen-bond donors (Lipinski definition) is 0. The third-order valence-corrected chi connectivity index (χ3v) is 3.24. The van der Waals surface area contributed by atoms with Crippen LogP contribution in [0, 0.1) is 17.8 Å². The van der Waals surface area contributed by atoms with Crippen molar-refractivity contribution in [3.8, 4) is 11.8 Å². The molecule has 0 heteroatoms. The Hall–Kier alpha value is -0.440. The van der Waals surface area contributed by atoms with Crippen molar-refractivity contribution in [3.63, 3.8) is 0 Å². The minimum absolute atomic E-state index is 0.872. The first-order valence-electron chi connectivity index (χ1n) is 7.20. The van der Waals surface area contributed by atoms with Gasteiger partial charge in [0.15, 0.2) is 0 Å². The zero-order chi connectivity index (χ0) is 12.1. The zero-order valence-corrected chi connectivity index (χ0v) is 11.6. The summed E-state index contributed by atoms with van der Waals surface area (Å²) in [6, 6.07) is 0. The van der Waals surface area contributed by atoms with Crippen LogP contribution in [0.15, 0.2) is 0 Å². The van der Waals surface area contributed by atoms with Crippen LogP contribution >= 0.6 is 0 Å². The van der Waals surface area contributed by atoms with Crippen molar-refractivity contribution in [3.05, 3.63) is 0 Å². The second-order valence-electron chi connectivity index (χ2n) is 4.98. The molecular weight excluding hydrogens is 192 g/mol. The summed E-state index contributed by atoms with van der Waals surface area (Å²) in [7, 11) is 0. The molecule has 0 aromatic rings. The summed E-state index contributed by atoms with van der Waals surface area (Å²) in [4.78, 5) is 0. The Labute approximate surface area is 103 Å². The minimum Gasteiger partial charge on any atom is -0.107 e. The van der Waals surface area contributed by atoms with Crippen molar-refractivity contribution >= 4 is 0 Å². The van der Waals surface area contributed by atoms with E-state index in [9.17, 15) is 0 Å². The quantitative estimate of drug-likeness (QED) is 0.335. The van der Waals surface area contributed by atoms with Crippen LogP contribution in [0.4, 0.5) is 0 Å². The van der Waals surface area contributed by atoms with Crippen molar-refractivity contribution in [2.75, 3.05) is 0 Å². The van der Waals surface area contributed by atoms with Gasteiger partial charge in [-0.25, -0.2) is 0 Å². The van der Waals surface area contributed by atoms with Crippen LogP contribution in [0.3, 0.4) is 0 Å². The molecule has 0 heterocycles. The van der Waals surface area contributed by atoms with Crippen LogP contribution in [0.5, 0.6) is 0 Å². The van der Waals surface area contributed by atoms with Crippen molar-refractivity contribution in [2.45, 2.75) is 85.0 Å². The fraction of sp³-hybridized carbons (Fsp3) is 0.875. The van der Waals surface area contributed by atoms with Gasteiger partial charge in [0.25, 0.3) is 0 Å².